The fraction of sp³-hybridized carbons (Fsp3) is 0.600. The third-order valence-electron chi connectivity index (χ3n) is 2.32. The van der Waals surface area contributed by atoms with Crippen LogP contribution in [0.4, 0.5) is 5.82 Å². The number of aromatic nitrogens is 2. The summed E-state index contributed by atoms with van der Waals surface area (Å²) in [6.45, 7) is 2.32. The SMILES string of the molecule is CCCN(CC(=O)N(C)C)C(=O)c1nonc1N. The molecule has 8 heteroatoms. The van der Waals surface area contributed by atoms with Crippen LogP contribution in [-0.2, 0) is 4.79 Å². The lowest BCUT2D eigenvalue weighted by molar-refractivity contribution is -0.129. The maximum Gasteiger partial charge on any atom is 0.280 e. The van der Waals surface area contributed by atoms with Gasteiger partial charge in [0.05, 0.1) is 0 Å². The van der Waals surface area contributed by atoms with Crippen LogP contribution in [0.25, 0.3) is 0 Å². The third kappa shape index (κ3) is 3.19. The number of carbonyl (C=O) groups excluding carboxylic acids is 2. The standard InChI is InChI=1S/C10H17N5O3/c1-4-5-15(6-7(16)14(2)3)10(17)8-9(11)13-18-12-8/h4-6H2,1-3H3,(H2,11,13). The van der Waals surface area contributed by atoms with Crippen molar-refractivity contribution in [1.82, 2.24) is 20.1 Å². The Kier molecular flexibility index (Phi) is 4.64. The fourth-order valence-electron chi connectivity index (χ4n) is 1.32. The Hall–Kier alpha value is -2.12. The summed E-state index contributed by atoms with van der Waals surface area (Å²) in [4.78, 5) is 26.5. The molecular formula is C10H17N5O3. The Balaban J connectivity index is 2.82. The Morgan fingerprint density at radius 1 is 1.33 bits per heavy atom. The van der Waals surface area contributed by atoms with Gasteiger partial charge in [-0.25, -0.2) is 4.63 Å². The molecule has 0 atom stereocenters. The van der Waals surface area contributed by atoms with Crippen LogP contribution in [0.3, 0.4) is 0 Å². The minimum atomic E-state index is -0.453. The number of likely N-dealkylation sites (N-methyl/N-ethyl adjacent to an activating group) is 1. The molecule has 18 heavy (non-hydrogen) atoms. The van der Waals surface area contributed by atoms with E-state index in [-0.39, 0.29) is 24.0 Å². The summed E-state index contributed by atoms with van der Waals surface area (Å²) in [5, 5.41) is 6.79. The zero-order chi connectivity index (χ0) is 13.7. The number of carbonyl (C=O) groups is 2. The molecule has 0 aromatic carbocycles. The number of nitrogens with zero attached hydrogens (tertiary/aromatic N) is 4. The number of rotatable bonds is 5. The number of anilines is 1. The zero-order valence-electron chi connectivity index (χ0n) is 10.7. The van der Waals surface area contributed by atoms with Crippen LogP contribution in [0.1, 0.15) is 23.8 Å². The molecule has 1 aromatic heterocycles. The molecule has 0 unspecified atom stereocenters. The Labute approximate surface area is 105 Å². The third-order valence-corrected chi connectivity index (χ3v) is 2.32. The molecule has 0 saturated heterocycles. The second kappa shape index (κ2) is 5.99. The van der Waals surface area contributed by atoms with Crippen LogP contribution < -0.4 is 5.73 Å². The largest absolute Gasteiger partial charge is 0.379 e. The monoisotopic (exact) mass is 255 g/mol. The molecular weight excluding hydrogens is 238 g/mol. The van der Waals surface area contributed by atoms with Crippen LogP contribution in [0.5, 0.6) is 0 Å². The van der Waals surface area contributed by atoms with Gasteiger partial charge in [0.1, 0.15) is 6.54 Å². The van der Waals surface area contributed by atoms with E-state index in [0.717, 1.165) is 6.42 Å². The van der Waals surface area contributed by atoms with Crippen molar-refractivity contribution in [1.29, 1.82) is 0 Å². The second-order valence-electron chi connectivity index (χ2n) is 4.01. The first-order valence-electron chi connectivity index (χ1n) is 5.54. The van der Waals surface area contributed by atoms with E-state index in [1.54, 1.807) is 14.1 Å². The van der Waals surface area contributed by atoms with Crippen molar-refractivity contribution in [2.75, 3.05) is 32.9 Å². The van der Waals surface area contributed by atoms with E-state index in [1.165, 1.54) is 9.80 Å². The van der Waals surface area contributed by atoms with Crippen molar-refractivity contribution in [2.45, 2.75) is 13.3 Å². The molecule has 1 aromatic rings. The van der Waals surface area contributed by atoms with Crippen molar-refractivity contribution in [2.24, 2.45) is 0 Å². The van der Waals surface area contributed by atoms with Gasteiger partial charge in [-0.05, 0) is 16.7 Å². The van der Waals surface area contributed by atoms with E-state index in [0.29, 0.717) is 6.54 Å². The highest BCUT2D eigenvalue weighted by atomic mass is 16.6. The highest BCUT2D eigenvalue weighted by Gasteiger charge is 2.24. The summed E-state index contributed by atoms with van der Waals surface area (Å²) in [7, 11) is 3.26. The molecule has 2 N–H and O–H groups in total. The summed E-state index contributed by atoms with van der Waals surface area (Å²) >= 11 is 0. The quantitative estimate of drug-likeness (QED) is 0.766. The molecule has 100 valence electrons. The molecule has 0 spiro atoms. The van der Waals surface area contributed by atoms with Crippen LogP contribution in [0, 0.1) is 0 Å². The minimum absolute atomic E-state index is 0.0219. The Morgan fingerprint density at radius 2 is 2.00 bits per heavy atom. The maximum atomic E-state index is 12.1. The van der Waals surface area contributed by atoms with Gasteiger partial charge in [0.2, 0.25) is 17.4 Å². The van der Waals surface area contributed by atoms with Crippen molar-refractivity contribution in [3.05, 3.63) is 5.69 Å². The summed E-state index contributed by atoms with van der Waals surface area (Å²) < 4.78 is 4.38. The Bertz CT molecular complexity index is 429. The van der Waals surface area contributed by atoms with Gasteiger partial charge >= 0.3 is 0 Å². The van der Waals surface area contributed by atoms with Gasteiger partial charge in [0.25, 0.3) is 5.91 Å². The number of hydrogen-bond donors (Lipinski definition) is 1. The van der Waals surface area contributed by atoms with E-state index in [1.807, 2.05) is 6.92 Å². The average Bonchev–Trinajstić information content (AvgIpc) is 2.73. The van der Waals surface area contributed by atoms with Crippen molar-refractivity contribution < 1.29 is 14.2 Å². The molecule has 8 nitrogen and oxygen atoms in total. The lowest BCUT2D eigenvalue weighted by atomic mass is 10.3. The number of hydrogen-bond acceptors (Lipinski definition) is 6. The maximum absolute atomic E-state index is 12.1. The first-order chi connectivity index (χ1) is 8.47. The van der Waals surface area contributed by atoms with E-state index in [4.69, 9.17) is 5.73 Å². The van der Waals surface area contributed by atoms with Gasteiger partial charge in [-0.15, -0.1) is 0 Å². The van der Waals surface area contributed by atoms with Crippen LogP contribution in [0.2, 0.25) is 0 Å². The Morgan fingerprint density at radius 3 is 2.44 bits per heavy atom. The van der Waals surface area contributed by atoms with Gasteiger partial charge in [-0.2, -0.15) is 0 Å². The predicted octanol–water partition coefficient (Wildman–Crippen LogP) is -0.408. The van der Waals surface area contributed by atoms with Crippen LogP contribution in [-0.4, -0.2) is 59.1 Å². The normalized spacial score (nSPS) is 10.2. The van der Waals surface area contributed by atoms with E-state index < -0.39 is 5.91 Å². The van der Waals surface area contributed by atoms with Crippen molar-refractivity contribution in [3.8, 4) is 0 Å². The van der Waals surface area contributed by atoms with Gasteiger partial charge in [0, 0.05) is 20.6 Å². The molecule has 2 amide bonds. The van der Waals surface area contributed by atoms with E-state index >= 15 is 0 Å². The molecule has 0 aliphatic rings. The van der Waals surface area contributed by atoms with Gasteiger partial charge in [-0.1, -0.05) is 6.92 Å². The molecule has 0 saturated carbocycles. The zero-order valence-corrected chi connectivity index (χ0v) is 10.7. The predicted molar refractivity (Wildman–Crippen MR) is 63.6 cm³/mol. The highest BCUT2D eigenvalue weighted by Crippen LogP contribution is 2.09. The molecule has 0 aliphatic carbocycles. The number of nitrogen functional groups attached to an aromatic ring is 1. The molecule has 0 aliphatic heterocycles. The number of nitrogens with two attached hydrogens (primary N) is 1. The van der Waals surface area contributed by atoms with Gasteiger partial charge in [-0.3, -0.25) is 9.59 Å². The van der Waals surface area contributed by atoms with Crippen molar-refractivity contribution >= 4 is 17.6 Å². The smallest absolute Gasteiger partial charge is 0.280 e. The highest BCUT2D eigenvalue weighted by molar-refractivity contribution is 5.97. The second-order valence-corrected chi connectivity index (χ2v) is 4.01. The van der Waals surface area contributed by atoms with Gasteiger partial charge in [0.15, 0.2) is 0 Å². The minimum Gasteiger partial charge on any atom is -0.379 e. The molecule has 1 rings (SSSR count). The van der Waals surface area contributed by atoms with E-state index in [2.05, 4.69) is 14.9 Å². The van der Waals surface area contributed by atoms with Gasteiger partial charge < -0.3 is 15.5 Å². The summed E-state index contributed by atoms with van der Waals surface area (Å²) in [6.07, 6.45) is 0.720. The summed E-state index contributed by atoms with van der Waals surface area (Å²) in [5.41, 5.74) is 5.40. The van der Waals surface area contributed by atoms with Crippen LogP contribution >= 0.6 is 0 Å². The molecule has 0 fully saturated rings. The molecule has 0 radical (unpaired) electrons. The summed E-state index contributed by atoms with van der Waals surface area (Å²) in [6, 6.07) is 0. The number of amides is 2. The lowest BCUT2D eigenvalue weighted by Crippen LogP contribution is -2.41. The van der Waals surface area contributed by atoms with Crippen LogP contribution in [0.15, 0.2) is 4.63 Å². The van der Waals surface area contributed by atoms with Crippen molar-refractivity contribution in [3.63, 3.8) is 0 Å². The first kappa shape index (κ1) is 13.9. The fourth-order valence-corrected chi connectivity index (χ4v) is 1.32. The lowest BCUT2D eigenvalue weighted by Gasteiger charge is -2.22. The first-order valence-corrected chi connectivity index (χ1v) is 5.54. The topological polar surface area (TPSA) is 106 Å². The average molecular weight is 255 g/mol. The molecule has 0 bridgehead atoms. The summed E-state index contributed by atoms with van der Waals surface area (Å²) in [5.74, 6) is -0.698. The van der Waals surface area contributed by atoms with E-state index in [9.17, 15) is 9.59 Å². The molecule has 1 heterocycles.